The molecular weight excluding hydrogens is 182 g/mol. The second kappa shape index (κ2) is 8.15. The van der Waals surface area contributed by atoms with Gasteiger partial charge in [-0.2, -0.15) is 0 Å². The molecule has 0 saturated carbocycles. The van der Waals surface area contributed by atoms with Crippen LogP contribution >= 0.6 is 0 Å². The SMILES string of the molecule is CCCCC(CCC)NCCC(C)(C)C. The van der Waals surface area contributed by atoms with Crippen LogP contribution in [0.1, 0.15) is 73.1 Å². The number of unbranched alkanes of at least 4 members (excludes halogenated alkanes) is 1. The van der Waals surface area contributed by atoms with Gasteiger partial charge in [0.05, 0.1) is 0 Å². The molecule has 0 heterocycles. The van der Waals surface area contributed by atoms with Gasteiger partial charge in [-0.15, -0.1) is 0 Å². The summed E-state index contributed by atoms with van der Waals surface area (Å²) in [6.45, 7) is 12.7. The van der Waals surface area contributed by atoms with E-state index in [1.54, 1.807) is 0 Å². The molecule has 0 amide bonds. The topological polar surface area (TPSA) is 12.0 Å². The molecule has 1 atom stereocenters. The highest BCUT2D eigenvalue weighted by Gasteiger charge is 2.11. The molecule has 1 heteroatoms. The van der Waals surface area contributed by atoms with E-state index >= 15 is 0 Å². The van der Waals surface area contributed by atoms with Crippen molar-refractivity contribution in [1.29, 1.82) is 0 Å². The second-order valence-electron chi connectivity index (χ2n) is 5.89. The molecule has 0 aromatic carbocycles. The van der Waals surface area contributed by atoms with E-state index in [1.807, 2.05) is 0 Å². The van der Waals surface area contributed by atoms with Gasteiger partial charge in [0.1, 0.15) is 0 Å². The summed E-state index contributed by atoms with van der Waals surface area (Å²) in [7, 11) is 0. The predicted molar refractivity (Wildman–Crippen MR) is 70.3 cm³/mol. The van der Waals surface area contributed by atoms with Crippen LogP contribution in [0.3, 0.4) is 0 Å². The minimum absolute atomic E-state index is 0.467. The number of hydrogen-bond acceptors (Lipinski definition) is 1. The molecule has 0 aromatic rings. The lowest BCUT2D eigenvalue weighted by Gasteiger charge is -2.22. The fourth-order valence-corrected chi connectivity index (χ4v) is 1.80. The predicted octanol–water partition coefficient (Wildman–Crippen LogP) is 4.37. The molecule has 0 fully saturated rings. The summed E-state index contributed by atoms with van der Waals surface area (Å²) < 4.78 is 0. The fraction of sp³-hybridized carbons (Fsp3) is 1.00. The van der Waals surface area contributed by atoms with E-state index in [0.29, 0.717) is 5.41 Å². The highest BCUT2D eigenvalue weighted by atomic mass is 14.9. The Morgan fingerprint density at radius 3 is 2.13 bits per heavy atom. The van der Waals surface area contributed by atoms with Crippen molar-refractivity contribution in [1.82, 2.24) is 5.32 Å². The van der Waals surface area contributed by atoms with Crippen LogP contribution in [-0.2, 0) is 0 Å². The molecule has 1 nitrogen and oxygen atoms in total. The van der Waals surface area contributed by atoms with Crippen LogP contribution in [0.25, 0.3) is 0 Å². The van der Waals surface area contributed by atoms with Gasteiger partial charge in [0, 0.05) is 6.04 Å². The number of nitrogens with one attached hydrogen (secondary N) is 1. The lowest BCUT2D eigenvalue weighted by Crippen LogP contribution is -2.31. The Morgan fingerprint density at radius 1 is 1.00 bits per heavy atom. The summed E-state index contributed by atoms with van der Waals surface area (Å²) in [6, 6.07) is 0.761. The first kappa shape index (κ1) is 15.0. The Labute approximate surface area is 97.0 Å². The quantitative estimate of drug-likeness (QED) is 0.631. The zero-order valence-corrected chi connectivity index (χ0v) is 11.5. The third-order valence-electron chi connectivity index (χ3n) is 2.85. The molecule has 0 aliphatic rings. The average molecular weight is 213 g/mol. The molecular formula is C14H31N. The van der Waals surface area contributed by atoms with Crippen LogP contribution in [0.15, 0.2) is 0 Å². The van der Waals surface area contributed by atoms with Gasteiger partial charge in [0.15, 0.2) is 0 Å². The monoisotopic (exact) mass is 213 g/mol. The van der Waals surface area contributed by atoms with E-state index in [-0.39, 0.29) is 0 Å². The molecule has 0 bridgehead atoms. The minimum Gasteiger partial charge on any atom is -0.314 e. The third-order valence-corrected chi connectivity index (χ3v) is 2.85. The van der Waals surface area contributed by atoms with Crippen molar-refractivity contribution in [3.8, 4) is 0 Å². The molecule has 0 aliphatic heterocycles. The molecule has 0 radical (unpaired) electrons. The molecule has 1 N–H and O–H groups in total. The van der Waals surface area contributed by atoms with E-state index < -0.39 is 0 Å². The third kappa shape index (κ3) is 10.2. The number of hydrogen-bond donors (Lipinski definition) is 1. The standard InChI is InChI=1S/C14H31N/c1-6-8-10-13(9-7-2)15-12-11-14(3,4)5/h13,15H,6-12H2,1-5H3. The largest absolute Gasteiger partial charge is 0.314 e. The highest BCUT2D eigenvalue weighted by Crippen LogP contribution is 2.17. The molecule has 0 aromatic heterocycles. The smallest absolute Gasteiger partial charge is 0.00669 e. The molecule has 0 spiro atoms. The van der Waals surface area contributed by atoms with Crippen LogP contribution < -0.4 is 5.32 Å². The van der Waals surface area contributed by atoms with Crippen molar-refractivity contribution < 1.29 is 0 Å². The lowest BCUT2D eigenvalue weighted by atomic mass is 9.92. The highest BCUT2D eigenvalue weighted by molar-refractivity contribution is 4.69. The van der Waals surface area contributed by atoms with Crippen LogP contribution in [-0.4, -0.2) is 12.6 Å². The maximum atomic E-state index is 3.71. The summed E-state index contributed by atoms with van der Waals surface area (Å²) in [4.78, 5) is 0. The molecule has 0 aliphatic carbocycles. The van der Waals surface area contributed by atoms with Crippen LogP contribution in [0.5, 0.6) is 0 Å². The van der Waals surface area contributed by atoms with Gasteiger partial charge >= 0.3 is 0 Å². The van der Waals surface area contributed by atoms with E-state index in [9.17, 15) is 0 Å². The summed E-state index contributed by atoms with van der Waals surface area (Å²) in [5.41, 5.74) is 0.467. The van der Waals surface area contributed by atoms with E-state index in [2.05, 4.69) is 39.9 Å². The molecule has 15 heavy (non-hydrogen) atoms. The van der Waals surface area contributed by atoms with Crippen LogP contribution in [0.4, 0.5) is 0 Å². The summed E-state index contributed by atoms with van der Waals surface area (Å²) in [6.07, 6.45) is 7.96. The number of rotatable bonds is 8. The van der Waals surface area contributed by atoms with Crippen LogP contribution in [0.2, 0.25) is 0 Å². The zero-order chi connectivity index (χ0) is 11.7. The van der Waals surface area contributed by atoms with Crippen molar-refractivity contribution >= 4 is 0 Å². The van der Waals surface area contributed by atoms with Gasteiger partial charge in [-0.05, 0) is 31.2 Å². The van der Waals surface area contributed by atoms with Crippen molar-refractivity contribution in [2.45, 2.75) is 79.2 Å². The summed E-state index contributed by atoms with van der Waals surface area (Å²) in [5.74, 6) is 0. The Balaban J connectivity index is 3.65. The van der Waals surface area contributed by atoms with Crippen molar-refractivity contribution in [2.24, 2.45) is 5.41 Å². The van der Waals surface area contributed by atoms with Crippen molar-refractivity contribution in [3.63, 3.8) is 0 Å². The van der Waals surface area contributed by atoms with Crippen LogP contribution in [0, 0.1) is 5.41 Å². The van der Waals surface area contributed by atoms with E-state index in [4.69, 9.17) is 0 Å². The maximum Gasteiger partial charge on any atom is 0.00669 e. The second-order valence-corrected chi connectivity index (χ2v) is 5.89. The Hall–Kier alpha value is -0.0400. The van der Waals surface area contributed by atoms with E-state index in [0.717, 1.165) is 6.04 Å². The zero-order valence-electron chi connectivity index (χ0n) is 11.5. The van der Waals surface area contributed by atoms with Crippen molar-refractivity contribution in [3.05, 3.63) is 0 Å². The Bertz CT molecular complexity index is 135. The Kier molecular flexibility index (Phi) is 8.13. The van der Waals surface area contributed by atoms with Crippen molar-refractivity contribution in [2.75, 3.05) is 6.54 Å². The first-order valence-electron chi connectivity index (χ1n) is 6.73. The average Bonchev–Trinajstić information content (AvgIpc) is 2.12. The Morgan fingerprint density at radius 2 is 1.67 bits per heavy atom. The van der Waals surface area contributed by atoms with Gasteiger partial charge in [-0.3, -0.25) is 0 Å². The first-order valence-corrected chi connectivity index (χ1v) is 6.73. The summed E-state index contributed by atoms with van der Waals surface area (Å²) >= 11 is 0. The minimum atomic E-state index is 0.467. The first-order chi connectivity index (χ1) is 6.99. The van der Waals surface area contributed by atoms with Gasteiger partial charge < -0.3 is 5.32 Å². The molecule has 92 valence electrons. The van der Waals surface area contributed by atoms with Gasteiger partial charge in [-0.25, -0.2) is 0 Å². The molecule has 0 rings (SSSR count). The van der Waals surface area contributed by atoms with Gasteiger partial charge in [0.25, 0.3) is 0 Å². The lowest BCUT2D eigenvalue weighted by molar-refractivity contribution is 0.341. The molecule has 0 saturated heterocycles. The fourth-order valence-electron chi connectivity index (χ4n) is 1.80. The summed E-state index contributed by atoms with van der Waals surface area (Å²) in [5, 5.41) is 3.71. The normalized spacial score (nSPS) is 14.2. The maximum absolute atomic E-state index is 3.71. The van der Waals surface area contributed by atoms with E-state index in [1.165, 1.54) is 45.1 Å². The van der Waals surface area contributed by atoms with Gasteiger partial charge in [-0.1, -0.05) is 53.9 Å². The molecule has 1 unspecified atom stereocenters. The van der Waals surface area contributed by atoms with Gasteiger partial charge in [0.2, 0.25) is 0 Å².